The van der Waals surface area contributed by atoms with Crippen LogP contribution in [0, 0.1) is 25.7 Å². The molecule has 26 heavy (non-hydrogen) atoms. The zero-order valence-corrected chi connectivity index (χ0v) is 16.1. The lowest BCUT2D eigenvalue weighted by Gasteiger charge is -2.28. The van der Waals surface area contributed by atoms with Crippen molar-refractivity contribution < 1.29 is 14.1 Å². The number of likely N-dealkylation sites (tertiary alicyclic amines) is 1. The molecule has 1 aliphatic carbocycles. The molecule has 7 heteroatoms. The summed E-state index contributed by atoms with van der Waals surface area (Å²) in [5.41, 5.74) is 1.60. The molecule has 7 nitrogen and oxygen atoms in total. The minimum atomic E-state index is -0.546. The van der Waals surface area contributed by atoms with Gasteiger partial charge < -0.3 is 9.26 Å². The average molecular weight is 360 g/mol. The predicted molar refractivity (Wildman–Crippen MR) is 96.9 cm³/mol. The Morgan fingerprint density at radius 2 is 2.12 bits per heavy atom. The molecule has 0 aromatic carbocycles. The molecular formula is C19H28N4O3. The third-order valence-electron chi connectivity index (χ3n) is 6.48. The summed E-state index contributed by atoms with van der Waals surface area (Å²) in [5.74, 6) is 2.76. The first kappa shape index (κ1) is 17.7. The van der Waals surface area contributed by atoms with Crippen molar-refractivity contribution in [2.45, 2.75) is 45.7 Å². The van der Waals surface area contributed by atoms with Gasteiger partial charge in [0.05, 0.1) is 18.8 Å². The molecule has 0 bridgehead atoms. The van der Waals surface area contributed by atoms with E-state index in [-0.39, 0.29) is 5.91 Å². The molecule has 2 aliphatic heterocycles. The van der Waals surface area contributed by atoms with Crippen LogP contribution >= 0.6 is 0 Å². The number of carbonyl (C=O) groups is 1. The van der Waals surface area contributed by atoms with Crippen molar-refractivity contribution in [3.63, 3.8) is 0 Å². The maximum Gasteiger partial charge on any atom is 0.256 e. The number of aliphatic imine (C=N–C) groups is 1. The molecule has 1 aromatic heterocycles. The summed E-state index contributed by atoms with van der Waals surface area (Å²) < 4.78 is 10.5. The Balaban J connectivity index is 1.51. The van der Waals surface area contributed by atoms with Gasteiger partial charge in [0.15, 0.2) is 0 Å². The van der Waals surface area contributed by atoms with Crippen LogP contribution in [0.25, 0.3) is 0 Å². The van der Waals surface area contributed by atoms with Gasteiger partial charge in [-0.15, -0.1) is 0 Å². The lowest BCUT2D eigenvalue weighted by atomic mass is 9.85. The highest BCUT2D eigenvalue weighted by Crippen LogP contribution is 2.50. The minimum absolute atomic E-state index is 0.179. The molecule has 1 aromatic rings. The van der Waals surface area contributed by atoms with Crippen LogP contribution in [0.5, 0.6) is 0 Å². The topological polar surface area (TPSA) is 71.2 Å². The molecule has 0 N–H and O–H groups in total. The van der Waals surface area contributed by atoms with E-state index in [0.717, 1.165) is 49.8 Å². The van der Waals surface area contributed by atoms with Gasteiger partial charge in [0.25, 0.3) is 5.91 Å². The molecule has 0 radical (unpaired) electrons. The summed E-state index contributed by atoms with van der Waals surface area (Å²) in [6, 6.07) is 0. The van der Waals surface area contributed by atoms with Crippen LogP contribution < -0.4 is 0 Å². The van der Waals surface area contributed by atoms with Gasteiger partial charge in [-0.25, -0.2) is 0 Å². The standard InChI is InChI=1S/C19H28N4O3/c1-12-16(13(2)26-21-12)10-22-9-15-5-6-19(17(15)11-22)18(24)23(7-8-25-4)14(3)20-19/h15,17H,5-11H2,1-4H3/t15-,17+,19+/m0/s1. The number of nitrogens with zero attached hydrogens (tertiary/aromatic N) is 4. The van der Waals surface area contributed by atoms with Gasteiger partial charge in [0.2, 0.25) is 0 Å². The summed E-state index contributed by atoms with van der Waals surface area (Å²) >= 11 is 0. The number of hydrogen-bond acceptors (Lipinski definition) is 6. The lowest BCUT2D eigenvalue weighted by Crippen LogP contribution is -2.47. The van der Waals surface area contributed by atoms with E-state index in [1.54, 1.807) is 7.11 Å². The Labute approximate surface area is 154 Å². The van der Waals surface area contributed by atoms with Crippen LogP contribution in [0.4, 0.5) is 0 Å². The van der Waals surface area contributed by atoms with Crippen molar-refractivity contribution in [1.29, 1.82) is 0 Å². The quantitative estimate of drug-likeness (QED) is 0.800. The van der Waals surface area contributed by atoms with Gasteiger partial charge in [0, 0.05) is 38.2 Å². The molecule has 3 atom stereocenters. The van der Waals surface area contributed by atoms with Crippen molar-refractivity contribution in [3.05, 3.63) is 17.0 Å². The third kappa shape index (κ3) is 2.60. The fourth-order valence-corrected chi connectivity index (χ4v) is 5.09. The van der Waals surface area contributed by atoms with Gasteiger partial charge >= 0.3 is 0 Å². The zero-order valence-electron chi connectivity index (χ0n) is 16.1. The fraction of sp³-hybridized carbons (Fsp3) is 0.737. The Kier molecular flexibility index (Phi) is 4.39. The molecule has 3 heterocycles. The first-order valence-corrected chi connectivity index (χ1v) is 9.47. The van der Waals surface area contributed by atoms with E-state index in [4.69, 9.17) is 14.3 Å². The van der Waals surface area contributed by atoms with Gasteiger partial charge in [-0.3, -0.25) is 19.6 Å². The van der Waals surface area contributed by atoms with E-state index in [9.17, 15) is 4.79 Å². The lowest BCUT2D eigenvalue weighted by molar-refractivity contribution is -0.132. The van der Waals surface area contributed by atoms with Gasteiger partial charge in [0.1, 0.15) is 17.1 Å². The summed E-state index contributed by atoms with van der Waals surface area (Å²) in [6.07, 6.45) is 1.95. The molecule has 1 saturated heterocycles. The van der Waals surface area contributed by atoms with E-state index < -0.39 is 5.54 Å². The van der Waals surface area contributed by atoms with Gasteiger partial charge in [-0.2, -0.15) is 0 Å². The molecule has 0 unspecified atom stereocenters. The normalized spacial score (nSPS) is 31.3. The van der Waals surface area contributed by atoms with Crippen molar-refractivity contribution in [2.24, 2.45) is 16.8 Å². The third-order valence-corrected chi connectivity index (χ3v) is 6.48. The number of aromatic nitrogens is 1. The molecule has 4 rings (SSSR count). The summed E-state index contributed by atoms with van der Waals surface area (Å²) in [4.78, 5) is 22.4. The first-order valence-electron chi connectivity index (χ1n) is 9.47. The number of rotatable bonds is 5. The highest BCUT2D eigenvalue weighted by molar-refractivity contribution is 6.07. The molecular weight excluding hydrogens is 332 g/mol. The van der Waals surface area contributed by atoms with Crippen LogP contribution in [-0.2, 0) is 16.1 Å². The van der Waals surface area contributed by atoms with Crippen LogP contribution in [0.2, 0.25) is 0 Å². The van der Waals surface area contributed by atoms with E-state index in [0.29, 0.717) is 25.0 Å². The molecule has 3 aliphatic rings. The highest BCUT2D eigenvalue weighted by atomic mass is 16.5. The maximum atomic E-state index is 13.2. The summed E-state index contributed by atoms with van der Waals surface area (Å²) in [6.45, 7) is 9.82. The fourth-order valence-electron chi connectivity index (χ4n) is 5.09. The molecule has 1 saturated carbocycles. The second kappa shape index (κ2) is 6.46. The van der Waals surface area contributed by atoms with Crippen molar-refractivity contribution in [1.82, 2.24) is 15.0 Å². The Morgan fingerprint density at radius 3 is 2.81 bits per heavy atom. The van der Waals surface area contributed by atoms with Crippen molar-refractivity contribution >= 4 is 11.7 Å². The van der Waals surface area contributed by atoms with Crippen LogP contribution in [0.1, 0.15) is 36.8 Å². The Hall–Kier alpha value is -1.73. The second-order valence-electron chi connectivity index (χ2n) is 7.93. The molecule has 1 amide bonds. The van der Waals surface area contributed by atoms with Gasteiger partial charge in [-0.05, 0) is 39.5 Å². The van der Waals surface area contributed by atoms with Crippen LogP contribution in [-0.4, -0.2) is 65.6 Å². The summed E-state index contributed by atoms with van der Waals surface area (Å²) in [7, 11) is 1.66. The first-order chi connectivity index (χ1) is 12.5. The van der Waals surface area contributed by atoms with Crippen LogP contribution in [0.15, 0.2) is 9.52 Å². The van der Waals surface area contributed by atoms with E-state index in [2.05, 4.69) is 10.1 Å². The smallest absolute Gasteiger partial charge is 0.256 e. The zero-order chi connectivity index (χ0) is 18.5. The minimum Gasteiger partial charge on any atom is -0.383 e. The highest BCUT2D eigenvalue weighted by Gasteiger charge is 2.60. The molecule has 1 spiro atoms. The number of fused-ring (bicyclic) bond motifs is 2. The monoisotopic (exact) mass is 360 g/mol. The Bertz CT molecular complexity index is 724. The number of amidine groups is 1. The number of methoxy groups -OCH3 is 1. The summed E-state index contributed by atoms with van der Waals surface area (Å²) in [5, 5.41) is 4.07. The molecule has 2 fully saturated rings. The largest absolute Gasteiger partial charge is 0.383 e. The Morgan fingerprint density at radius 1 is 1.31 bits per heavy atom. The predicted octanol–water partition coefficient (Wildman–Crippen LogP) is 1.78. The van der Waals surface area contributed by atoms with Gasteiger partial charge in [-0.1, -0.05) is 5.16 Å². The number of ether oxygens (including phenoxy) is 1. The number of carbonyl (C=O) groups excluding carboxylic acids is 1. The molecule has 142 valence electrons. The van der Waals surface area contributed by atoms with E-state index >= 15 is 0 Å². The van der Waals surface area contributed by atoms with Crippen molar-refractivity contribution in [3.8, 4) is 0 Å². The van der Waals surface area contributed by atoms with E-state index in [1.807, 2.05) is 25.7 Å². The maximum absolute atomic E-state index is 13.2. The SMILES string of the molecule is COCCN1C(=O)[C@]2(CC[C@H]3CN(Cc4c(C)noc4C)C[C@H]32)N=C1C. The van der Waals surface area contributed by atoms with Crippen molar-refractivity contribution in [2.75, 3.05) is 33.4 Å². The van der Waals surface area contributed by atoms with E-state index in [1.165, 1.54) is 5.56 Å². The average Bonchev–Trinajstić information content (AvgIpc) is 3.31. The van der Waals surface area contributed by atoms with Crippen LogP contribution in [0.3, 0.4) is 0 Å². The number of hydrogen-bond donors (Lipinski definition) is 0. The second-order valence-corrected chi connectivity index (χ2v) is 7.93. The number of aryl methyl sites for hydroxylation is 2. The number of amides is 1.